The summed E-state index contributed by atoms with van der Waals surface area (Å²) in [4.78, 5) is 17.4. The third kappa shape index (κ3) is 3.29. The summed E-state index contributed by atoms with van der Waals surface area (Å²) in [5.74, 6) is 0.0503. The summed E-state index contributed by atoms with van der Waals surface area (Å²) in [6.45, 7) is 0.354. The Balaban J connectivity index is 0.00000169. The van der Waals surface area contributed by atoms with Crippen LogP contribution in [0.5, 0.6) is 0 Å². The van der Waals surface area contributed by atoms with Crippen molar-refractivity contribution in [2.75, 3.05) is 5.32 Å². The van der Waals surface area contributed by atoms with E-state index in [9.17, 15) is 4.79 Å². The monoisotopic (exact) mass is 343 g/mol. The van der Waals surface area contributed by atoms with Gasteiger partial charge in [0.2, 0.25) is 6.54 Å². The van der Waals surface area contributed by atoms with Crippen molar-refractivity contribution in [2.45, 2.75) is 51.5 Å². The fourth-order valence-electron chi connectivity index (χ4n) is 3.78. The maximum absolute atomic E-state index is 12.5. The summed E-state index contributed by atoms with van der Waals surface area (Å²) in [6.07, 6.45) is 11.6. The molecule has 0 aliphatic heterocycles. The van der Waals surface area contributed by atoms with Crippen molar-refractivity contribution in [2.24, 2.45) is 0 Å². The molecular weight excluding hydrogens is 322 g/mol. The first-order valence-electron chi connectivity index (χ1n) is 8.59. The first kappa shape index (κ1) is 16.9. The van der Waals surface area contributed by atoms with Crippen LogP contribution < -0.4 is 22.3 Å². The van der Waals surface area contributed by atoms with Crippen LogP contribution in [0.15, 0.2) is 30.6 Å². The minimum atomic E-state index is 0. The van der Waals surface area contributed by atoms with Crippen LogP contribution >= 0.6 is 0 Å². The fraction of sp³-hybridized carbons (Fsp3) is 0.421. The number of pyridine rings is 2. The number of hydrogen-bond donors (Lipinski definition) is 1. The van der Waals surface area contributed by atoms with E-state index >= 15 is 0 Å². The first-order valence-corrected chi connectivity index (χ1v) is 8.59. The predicted molar refractivity (Wildman–Crippen MR) is 88.2 cm³/mol. The van der Waals surface area contributed by atoms with Gasteiger partial charge in [-0.25, -0.2) is 0 Å². The largest absolute Gasteiger partial charge is 1.00 e. The van der Waals surface area contributed by atoms with Crippen molar-refractivity contribution < 1.29 is 21.8 Å². The minimum Gasteiger partial charge on any atom is -1.00 e. The minimum absolute atomic E-state index is 0. The van der Waals surface area contributed by atoms with Crippen LogP contribution in [0.3, 0.4) is 0 Å². The quantitative estimate of drug-likeness (QED) is 0.755. The normalized spacial score (nSPS) is 15.2. The second-order valence-electron chi connectivity index (χ2n) is 6.49. The molecule has 2 aliphatic carbocycles. The van der Waals surface area contributed by atoms with Gasteiger partial charge in [0.1, 0.15) is 0 Å². The highest BCUT2D eigenvalue weighted by Crippen LogP contribution is 2.35. The zero-order valence-corrected chi connectivity index (χ0v) is 14.5. The summed E-state index contributed by atoms with van der Waals surface area (Å²) in [5.41, 5.74) is 6.11. The molecule has 24 heavy (non-hydrogen) atoms. The average Bonchev–Trinajstić information content (AvgIpc) is 3.04. The van der Waals surface area contributed by atoms with Gasteiger partial charge in [-0.1, -0.05) is 6.07 Å². The Bertz CT molecular complexity index is 746. The van der Waals surface area contributed by atoms with E-state index in [0.29, 0.717) is 6.54 Å². The summed E-state index contributed by atoms with van der Waals surface area (Å²) in [7, 11) is 0. The molecule has 0 atom stereocenters. The molecule has 2 heterocycles. The Morgan fingerprint density at radius 1 is 0.958 bits per heavy atom. The molecular formula is C19H22ClN3O. The molecule has 1 N–H and O–H groups in total. The highest BCUT2D eigenvalue weighted by molar-refractivity contribution is 5.92. The first-order chi connectivity index (χ1) is 11.3. The van der Waals surface area contributed by atoms with Crippen LogP contribution in [-0.4, -0.2) is 10.9 Å². The van der Waals surface area contributed by atoms with E-state index in [1.165, 1.54) is 35.4 Å². The zero-order valence-electron chi connectivity index (χ0n) is 13.7. The van der Waals surface area contributed by atoms with E-state index in [1.807, 2.05) is 35.2 Å². The van der Waals surface area contributed by atoms with E-state index in [4.69, 9.17) is 4.98 Å². The number of nitrogens with zero attached hydrogens (tertiary/aromatic N) is 2. The second-order valence-corrected chi connectivity index (χ2v) is 6.49. The highest BCUT2D eigenvalue weighted by atomic mass is 35.5. The number of aromatic nitrogens is 2. The number of halogens is 1. The lowest BCUT2D eigenvalue weighted by Gasteiger charge is -2.22. The van der Waals surface area contributed by atoms with Crippen molar-refractivity contribution in [3.8, 4) is 0 Å². The maximum Gasteiger partial charge on any atom is 0.290 e. The van der Waals surface area contributed by atoms with E-state index in [1.54, 1.807) is 0 Å². The Hall–Kier alpha value is -1.94. The molecule has 0 unspecified atom stereocenters. The van der Waals surface area contributed by atoms with Crippen LogP contribution in [0.2, 0.25) is 0 Å². The lowest BCUT2D eigenvalue weighted by molar-refractivity contribution is -0.684. The van der Waals surface area contributed by atoms with Crippen molar-refractivity contribution in [1.29, 1.82) is 0 Å². The third-order valence-electron chi connectivity index (χ3n) is 4.87. The van der Waals surface area contributed by atoms with Crippen LogP contribution in [0, 0.1) is 0 Å². The van der Waals surface area contributed by atoms with Gasteiger partial charge in [0.15, 0.2) is 12.4 Å². The lowest BCUT2D eigenvalue weighted by Crippen LogP contribution is -3.00. The Morgan fingerprint density at radius 3 is 2.33 bits per heavy atom. The van der Waals surface area contributed by atoms with Gasteiger partial charge >= 0.3 is 0 Å². The van der Waals surface area contributed by atoms with Gasteiger partial charge < -0.3 is 17.7 Å². The SMILES string of the molecule is O=C(C[n+]1ccccc1)Nc1c2c(nc3c1CCC3)CCCC2.[Cl-]. The van der Waals surface area contributed by atoms with Crippen molar-refractivity contribution in [3.63, 3.8) is 0 Å². The van der Waals surface area contributed by atoms with E-state index in [2.05, 4.69) is 5.32 Å². The van der Waals surface area contributed by atoms with Crippen molar-refractivity contribution in [3.05, 3.63) is 53.1 Å². The molecule has 0 spiro atoms. The summed E-state index contributed by atoms with van der Waals surface area (Å²) >= 11 is 0. The number of hydrogen-bond acceptors (Lipinski definition) is 2. The number of nitrogens with one attached hydrogen (secondary N) is 1. The van der Waals surface area contributed by atoms with Gasteiger partial charge in [0.05, 0.1) is 5.69 Å². The molecule has 2 aromatic heterocycles. The molecule has 0 aromatic carbocycles. The Labute approximate surface area is 148 Å². The number of carbonyl (C=O) groups excluding carboxylic acids is 1. The van der Waals surface area contributed by atoms with E-state index in [0.717, 1.165) is 37.8 Å². The molecule has 0 radical (unpaired) electrons. The lowest BCUT2D eigenvalue weighted by atomic mass is 9.92. The molecule has 4 rings (SSSR count). The summed E-state index contributed by atoms with van der Waals surface area (Å²) in [5, 5.41) is 3.22. The molecule has 4 nitrogen and oxygen atoms in total. The van der Waals surface area contributed by atoms with E-state index in [-0.39, 0.29) is 18.3 Å². The van der Waals surface area contributed by atoms with Crippen LogP contribution in [-0.2, 0) is 37.0 Å². The number of rotatable bonds is 3. The number of amides is 1. The fourth-order valence-corrected chi connectivity index (χ4v) is 3.78. The van der Waals surface area contributed by atoms with E-state index < -0.39 is 0 Å². The number of aryl methyl sites for hydroxylation is 2. The molecule has 126 valence electrons. The summed E-state index contributed by atoms with van der Waals surface area (Å²) in [6, 6.07) is 5.85. The van der Waals surface area contributed by atoms with Crippen molar-refractivity contribution in [1.82, 2.24) is 4.98 Å². The van der Waals surface area contributed by atoms with Crippen LogP contribution in [0.25, 0.3) is 0 Å². The average molecular weight is 344 g/mol. The smallest absolute Gasteiger partial charge is 0.290 e. The number of carbonyl (C=O) groups is 1. The van der Waals surface area contributed by atoms with Gasteiger partial charge in [0.25, 0.3) is 5.91 Å². The zero-order chi connectivity index (χ0) is 15.6. The molecule has 0 fully saturated rings. The molecule has 0 saturated heterocycles. The molecule has 2 aliphatic rings. The molecule has 5 heteroatoms. The predicted octanol–water partition coefficient (Wildman–Crippen LogP) is -0.621. The maximum atomic E-state index is 12.5. The topological polar surface area (TPSA) is 45.9 Å². The van der Waals surface area contributed by atoms with Crippen molar-refractivity contribution >= 4 is 11.6 Å². The van der Waals surface area contributed by atoms with Gasteiger partial charge in [-0.3, -0.25) is 9.78 Å². The second kappa shape index (κ2) is 7.31. The van der Waals surface area contributed by atoms with Gasteiger partial charge in [-0.05, 0) is 56.1 Å². The van der Waals surface area contributed by atoms with Gasteiger partial charge in [-0.2, -0.15) is 4.57 Å². The third-order valence-corrected chi connectivity index (χ3v) is 4.87. The number of anilines is 1. The molecule has 2 aromatic rings. The number of fused-ring (bicyclic) bond motifs is 2. The highest BCUT2D eigenvalue weighted by Gasteiger charge is 2.25. The summed E-state index contributed by atoms with van der Waals surface area (Å²) < 4.78 is 1.91. The van der Waals surface area contributed by atoms with Gasteiger partial charge in [-0.15, -0.1) is 0 Å². The van der Waals surface area contributed by atoms with Crippen LogP contribution in [0.4, 0.5) is 5.69 Å². The molecule has 0 saturated carbocycles. The molecule has 0 bridgehead atoms. The molecule has 1 amide bonds. The van der Waals surface area contributed by atoms with Crippen LogP contribution in [0.1, 0.15) is 41.8 Å². The standard InChI is InChI=1S/C19H21N3O.ClH/c23-18(13-22-11-4-1-5-12-22)21-19-14-7-2-3-9-16(14)20-17-10-6-8-15(17)19;/h1,4-5,11-12H,2-3,6-10,13H2;1H. The Kier molecular flexibility index (Phi) is 5.14. The van der Waals surface area contributed by atoms with Gasteiger partial charge in [0, 0.05) is 23.5 Å². The Morgan fingerprint density at radius 2 is 1.58 bits per heavy atom.